The molecular weight excluding hydrogens is 384 g/mol. The average Bonchev–Trinajstić information content (AvgIpc) is 2.64. The number of hydrogen-bond donors (Lipinski definition) is 2. The molecule has 1 heterocycles. The lowest BCUT2D eigenvalue weighted by molar-refractivity contribution is -0.137. The normalized spacial score (nSPS) is 11.6. The van der Waals surface area contributed by atoms with Gasteiger partial charge in [-0.1, -0.05) is 26.0 Å². The Morgan fingerprint density at radius 2 is 1.48 bits per heavy atom. The van der Waals surface area contributed by atoms with Crippen molar-refractivity contribution in [2.75, 3.05) is 10.6 Å². The third-order valence-electron chi connectivity index (χ3n) is 4.06. The van der Waals surface area contributed by atoms with Gasteiger partial charge in [-0.05, 0) is 54.3 Å². The Bertz CT molecular complexity index is 952. The smallest absolute Gasteiger partial charge is 0.340 e. The van der Waals surface area contributed by atoms with Gasteiger partial charge in [0.05, 0.1) is 0 Å². The number of aromatic nitrogens is 2. The van der Waals surface area contributed by atoms with Gasteiger partial charge in [0.25, 0.3) is 0 Å². The maximum absolute atomic E-state index is 13.4. The fourth-order valence-corrected chi connectivity index (χ4v) is 2.74. The number of alkyl halides is 3. The third-order valence-corrected chi connectivity index (χ3v) is 4.06. The van der Waals surface area contributed by atoms with Crippen LogP contribution in [0.1, 0.15) is 25.0 Å². The van der Waals surface area contributed by atoms with Crippen LogP contribution < -0.4 is 10.6 Å². The van der Waals surface area contributed by atoms with Crippen LogP contribution in [-0.2, 0) is 12.6 Å². The molecule has 3 aromatic rings. The van der Waals surface area contributed by atoms with Crippen LogP contribution in [0.15, 0.2) is 54.7 Å². The van der Waals surface area contributed by atoms with E-state index in [1.54, 1.807) is 12.1 Å². The summed E-state index contributed by atoms with van der Waals surface area (Å²) in [6, 6.07) is 12.5. The highest BCUT2D eigenvalue weighted by atomic mass is 19.4. The number of nitrogens with one attached hydrogen (secondary N) is 2. The Balaban J connectivity index is 1.87. The number of nitrogens with zero attached hydrogens (tertiary/aromatic N) is 2. The maximum Gasteiger partial charge on any atom is 0.421 e. The number of benzene rings is 2. The minimum atomic E-state index is -4.62. The summed E-state index contributed by atoms with van der Waals surface area (Å²) in [5.41, 5.74) is 1.06. The van der Waals surface area contributed by atoms with E-state index >= 15 is 0 Å². The minimum Gasteiger partial charge on any atom is -0.340 e. The molecule has 152 valence electrons. The second kappa shape index (κ2) is 8.46. The molecule has 3 rings (SSSR count). The molecule has 0 atom stereocenters. The summed E-state index contributed by atoms with van der Waals surface area (Å²) < 4.78 is 53.2. The zero-order chi connectivity index (χ0) is 21.0. The largest absolute Gasteiger partial charge is 0.421 e. The standard InChI is InChI=1S/C21H20F4N4/c1-13(2)11-14-3-7-16(8-4-14)27-19-18(21(23,24)25)12-26-20(29-19)28-17-9-5-15(22)6-10-17/h3-10,12-13H,11H2,1-2H3,(H2,26,27,28,29). The molecule has 0 aliphatic carbocycles. The van der Waals surface area contributed by atoms with Gasteiger partial charge >= 0.3 is 6.18 Å². The highest BCUT2D eigenvalue weighted by molar-refractivity contribution is 5.63. The monoisotopic (exact) mass is 404 g/mol. The highest BCUT2D eigenvalue weighted by Gasteiger charge is 2.35. The second-order valence-electron chi connectivity index (χ2n) is 7.01. The van der Waals surface area contributed by atoms with Crippen LogP contribution in [0.5, 0.6) is 0 Å². The molecule has 0 spiro atoms. The molecule has 2 N–H and O–H groups in total. The molecule has 0 saturated heterocycles. The second-order valence-corrected chi connectivity index (χ2v) is 7.01. The summed E-state index contributed by atoms with van der Waals surface area (Å²) in [4.78, 5) is 7.71. The predicted octanol–water partition coefficient (Wildman–Crippen LogP) is 6.32. The fraction of sp³-hybridized carbons (Fsp3) is 0.238. The first-order chi connectivity index (χ1) is 13.7. The van der Waals surface area contributed by atoms with Gasteiger partial charge in [-0.3, -0.25) is 0 Å². The van der Waals surface area contributed by atoms with Crippen LogP contribution in [0.25, 0.3) is 0 Å². The summed E-state index contributed by atoms with van der Waals surface area (Å²) in [5, 5.41) is 5.49. The van der Waals surface area contributed by atoms with Crippen molar-refractivity contribution in [1.82, 2.24) is 9.97 Å². The van der Waals surface area contributed by atoms with E-state index < -0.39 is 17.6 Å². The van der Waals surface area contributed by atoms with Crippen molar-refractivity contribution in [2.24, 2.45) is 5.92 Å². The summed E-state index contributed by atoms with van der Waals surface area (Å²) in [7, 11) is 0. The first-order valence-corrected chi connectivity index (χ1v) is 9.03. The van der Waals surface area contributed by atoms with Gasteiger partial charge in [-0.15, -0.1) is 0 Å². The predicted molar refractivity (Wildman–Crippen MR) is 105 cm³/mol. The summed E-state index contributed by atoms with van der Waals surface area (Å²) in [6.45, 7) is 4.19. The van der Waals surface area contributed by atoms with Crippen molar-refractivity contribution in [3.8, 4) is 0 Å². The molecule has 0 radical (unpaired) electrons. The molecule has 0 amide bonds. The van der Waals surface area contributed by atoms with E-state index in [1.807, 2.05) is 12.1 Å². The Morgan fingerprint density at radius 3 is 2.07 bits per heavy atom. The van der Waals surface area contributed by atoms with Gasteiger partial charge in [0, 0.05) is 17.6 Å². The maximum atomic E-state index is 13.4. The third kappa shape index (κ3) is 5.66. The molecular formula is C21H20F4N4. The van der Waals surface area contributed by atoms with Gasteiger partial charge in [-0.2, -0.15) is 18.2 Å². The van der Waals surface area contributed by atoms with Gasteiger partial charge in [0.2, 0.25) is 5.95 Å². The lowest BCUT2D eigenvalue weighted by Gasteiger charge is -2.15. The van der Waals surface area contributed by atoms with Crippen molar-refractivity contribution in [2.45, 2.75) is 26.4 Å². The van der Waals surface area contributed by atoms with Gasteiger partial charge in [0.15, 0.2) is 0 Å². The van der Waals surface area contributed by atoms with Crippen molar-refractivity contribution < 1.29 is 17.6 Å². The zero-order valence-corrected chi connectivity index (χ0v) is 15.9. The first kappa shape index (κ1) is 20.6. The SMILES string of the molecule is CC(C)Cc1ccc(Nc2nc(Nc3ccc(F)cc3)ncc2C(F)(F)F)cc1. The molecule has 29 heavy (non-hydrogen) atoms. The summed E-state index contributed by atoms with van der Waals surface area (Å²) >= 11 is 0. The van der Waals surface area contributed by atoms with Crippen LogP contribution in [0.4, 0.5) is 40.7 Å². The van der Waals surface area contributed by atoms with Crippen molar-refractivity contribution >= 4 is 23.1 Å². The van der Waals surface area contributed by atoms with Gasteiger partial charge < -0.3 is 10.6 Å². The molecule has 8 heteroatoms. The Hall–Kier alpha value is -3.16. The number of rotatable bonds is 6. The van der Waals surface area contributed by atoms with Crippen molar-refractivity contribution in [3.05, 3.63) is 71.7 Å². The van der Waals surface area contributed by atoms with Gasteiger partial charge in [-0.25, -0.2) is 9.37 Å². The molecule has 0 fully saturated rings. The molecule has 0 unspecified atom stereocenters. The number of anilines is 4. The van der Waals surface area contributed by atoms with E-state index in [4.69, 9.17) is 0 Å². The van der Waals surface area contributed by atoms with E-state index in [-0.39, 0.29) is 11.8 Å². The number of halogens is 4. The van der Waals surface area contributed by atoms with Crippen molar-refractivity contribution in [1.29, 1.82) is 0 Å². The van der Waals surface area contributed by atoms with E-state index in [9.17, 15) is 17.6 Å². The Labute approximate surface area is 166 Å². The number of hydrogen-bond acceptors (Lipinski definition) is 4. The zero-order valence-electron chi connectivity index (χ0n) is 15.9. The lowest BCUT2D eigenvalue weighted by Crippen LogP contribution is -2.12. The van der Waals surface area contributed by atoms with Crippen molar-refractivity contribution in [3.63, 3.8) is 0 Å². The lowest BCUT2D eigenvalue weighted by atomic mass is 10.0. The van der Waals surface area contributed by atoms with Crippen LogP contribution in [0, 0.1) is 11.7 Å². The summed E-state index contributed by atoms with van der Waals surface area (Å²) in [5.74, 6) is -0.350. The molecule has 0 aliphatic heterocycles. The Morgan fingerprint density at radius 1 is 0.897 bits per heavy atom. The van der Waals surface area contributed by atoms with E-state index in [1.165, 1.54) is 24.3 Å². The summed E-state index contributed by atoms with van der Waals surface area (Å²) in [6.07, 6.45) is -3.02. The van der Waals surface area contributed by atoms with E-state index in [0.29, 0.717) is 23.5 Å². The highest BCUT2D eigenvalue weighted by Crippen LogP contribution is 2.35. The molecule has 0 bridgehead atoms. The fourth-order valence-electron chi connectivity index (χ4n) is 2.74. The molecule has 0 saturated carbocycles. The van der Waals surface area contributed by atoms with Crippen LogP contribution in [0.3, 0.4) is 0 Å². The molecule has 4 nitrogen and oxygen atoms in total. The van der Waals surface area contributed by atoms with Crippen LogP contribution in [0.2, 0.25) is 0 Å². The Kier molecular flexibility index (Phi) is 6.00. The molecule has 0 aliphatic rings. The van der Waals surface area contributed by atoms with E-state index in [0.717, 1.165) is 12.0 Å². The van der Waals surface area contributed by atoms with Crippen LogP contribution >= 0.6 is 0 Å². The van der Waals surface area contributed by atoms with E-state index in [2.05, 4.69) is 34.4 Å². The minimum absolute atomic E-state index is 0.0384. The average molecular weight is 404 g/mol. The molecule has 1 aromatic heterocycles. The molecule has 2 aromatic carbocycles. The first-order valence-electron chi connectivity index (χ1n) is 9.03. The quantitative estimate of drug-likeness (QED) is 0.472. The van der Waals surface area contributed by atoms with Crippen LogP contribution in [-0.4, -0.2) is 9.97 Å². The topological polar surface area (TPSA) is 49.8 Å². The van der Waals surface area contributed by atoms with Gasteiger partial charge in [0.1, 0.15) is 17.2 Å².